The van der Waals surface area contributed by atoms with Gasteiger partial charge >= 0.3 is 0 Å². The number of amides is 1. The van der Waals surface area contributed by atoms with E-state index in [4.69, 9.17) is 9.47 Å². The summed E-state index contributed by atoms with van der Waals surface area (Å²) in [6.07, 6.45) is 7.48. The van der Waals surface area contributed by atoms with Gasteiger partial charge in [0.15, 0.2) is 0 Å². The van der Waals surface area contributed by atoms with E-state index in [0.29, 0.717) is 12.0 Å². The predicted octanol–water partition coefficient (Wildman–Crippen LogP) is 2.06. The molecule has 0 radical (unpaired) electrons. The molecule has 3 rings (SSSR count). The molecule has 24 heavy (non-hydrogen) atoms. The van der Waals surface area contributed by atoms with Crippen molar-refractivity contribution < 1.29 is 14.3 Å². The lowest BCUT2D eigenvalue weighted by Gasteiger charge is -2.37. The van der Waals surface area contributed by atoms with Gasteiger partial charge in [0.05, 0.1) is 19.8 Å². The third-order valence-electron chi connectivity index (χ3n) is 6.12. The van der Waals surface area contributed by atoms with Crippen LogP contribution in [0.3, 0.4) is 0 Å². The lowest BCUT2D eigenvalue weighted by molar-refractivity contribution is -0.125. The third-order valence-corrected chi connectivity index (χ3v) is 6.12. The fraction of sp³-hybridized carbons (Fsp3) is 0.947. The number of carbonyl (C=O) groups excluding carboxylic acids is 1. The molecule has 1 N–H and O–H groups in total. The van der Waals surface area contributed by atoms with Crippen molar-refractivity contribution in [3.63, 3.8) is 0 Å². The van der Waals surface area contributed by atoms with Crippen molar-refractivity contribution in [2.75, 3.05) is 46.1 Å². The van der Waals surface area contributed by atoms with Gasteiger partial charge in [0.1, 0.15) is 0 Å². The van der Waals surface area contributed by atoms with E-state index in [9.17, 15) is 4.79 Å². The van der Waals surface area contributed by atoms with Gasteiger partial charge in [-0.25, -0.2) is 0 Å². The third kappa shape index (κ3) is 4.93. The monoisotopic (exact) mass is 338 g/mol. The smallest absolute Gasteiger partial charge is 0.222 e. The van der Waals surface area contributed by atoms with Gasteiger partial charge < -0.3 is 14.8 Å². The number of carbonyl (C=O) groups is 1. The normalized spacial score (nSPS) is 28.8. The van der Waals surface area contributed by atoms with Crippen molar-refractivity contribution in [1.82, 2.24) is 10.2 Å². The summed E-state index contributed by atoms with van der Waals surface area (Å²) in [6, 6.07) is 0.388. The zero-order valence-electron chi connectivity index (χ0n) is 15.2. The number of hydrogen-bond acceptors (Lipinski definition) is 4. The first kappa shape index (κ1) is 18.2. The van der Waals surface area contributed by atoms with Crippen molar-refractivity contribution in [1.29, 1.82) is 0 Å². The molecule has 3 atom stereocenters. The summed E-state index contributed by atoms with van der Waals surface area (Å²) >= 11 is 0. The van der Waals surface area contributed by atoms with E-state index in [0.717, 1.165) is 64.8 Å². The second kappa shape index (κ2) is 9.16. The first-order valence-corrected chi connectivity index (χ1v) is 9.91. The van der Waals surface area contributed by atoms with Gasteiger partial charge in [0, 0.05) is 44.1 Å². The minimum Gasteiger partial charge on any atom is -0.381 e. The van der Waals surface area contributed by atoms with Gasteiger partial charge in [-0.15, -0.1) is 0 Å². The molecule has 138 valence electrons. The van der Waals surface area contributed by atoms with Crippen LogP contribution < -0.4 is 5.32 Å². The maximum absolute atomic E-state index is 12.5. The molecular weight excluding hydrogens is 304 g/mol. The van der Waals surface area contributed by atoms with Crippen molar-refractivity contribution in [3.8, 4) is 0 Å². The van der Waals surface area contributed by atoms with Gasteiger partial charge in [0.25, 0.3) is 0 Å². The number of morpholine rings is 1. The first-order chi connectivity index (χ1) is 11.7. The quantitative estimate of drug-likeness (QED) is 0.772. The van der Waals surface area contributed by atoms with Crippen LogP contribution in [0.5, 0.6) is 0 Å². The van der Waals surface area contributed by atoms with Gasteiger partial charge in [-0.1, -0.05) is 32.6 Å². The summed E-state index contributed by atoms with van der Waals surface area (Å²) in [5.74, 6) is 1.68. The van der Waals surface area contributed by atoms with Gasteiger partial charge in [-0.05, 0) is 18.8 Å². The molecule has 1 aliphatic carbocycles. The first-order valence-electron chi connectivity index (χ1n) is 9.91. The van der Waals surface area contributed by atoms with Crippen LogP contribution in [0.25, 0.3) is 0 Å². The van der Waals surface area contributed by atoms with Gasteiger partial charge in [-0.2, -0.15) is 0 Å². The fourth-order valence-corrected chi connectivity index (χ4v) is 4.59. The molecule has 0 aromatic carbocycles. The largest absolute Gasteiger partial charge is 0.381 e. The van der Waals surface area contributed by atoms with Crippen molar-refractivity contribution in [2.24, 2.45) is 17.8 Å². The zero-order chi connectivity index (χ0) is 16.8. The number of hydrogen-bond donors (Lipinski definition) is 1. The average Bonchev–Trinajstić information content (AvgIpc) is 3.30. The lowest BCUT2D eigenvalue weighted by Crippen LogP contribution is -2.52. The highest BCUT2D eigenvalue weighted by Crippen LogP contribution is 2.30. The average molecular weight is 338 g/mol. The second-order valence-electron chi connectivity index (χ2n) is 7.87. The SMILES string of the molecule is CC(CC1CCCC1)C(=O)NCC(C1CCOC1)N1CCOCC1. The molecule has 1 amide bonds. The Morgan fingerprint density at radius 3 is 2.54 bits per heavy atom. The molecule has 1 saturated carbocycles. The number of nitrogens with zero attached hydrogens (tertiary/aromatic N) is 1. The number of rotatable bonds is 7. The second-order valence-corrected chi connectivity index (χ2v) is 7.87. The van der Waals surface area contributed by atoms with Crippen LogP contribution in [0, 0.1) is 17.8 Å². The molecule has 3 fully saturated rings. The minimum atomic E-state index is 0.137. The molecule has 2 aliphatic heterocycles. The van der Waals surface area contributed by atoms with Crippen LogP contribution in [-0.2, 0) is 14.3 Å². The van der Waals surface area contributed by atoms with Crippen LogP contribution in [0.1, 0.15) is 45.4 Å². The van der Waals surface area contributed by atoms with E-state index in [1.54, 1.807) is 0 Å². The molecule has 0 bridgehead atoms. The van der Waals surface area contributed by atoms with E-state index >= 15 is 0 Å². The highest BCUT2D eigenvalue weighted by atomic mass is 16.5. The van der Waals surface area contributed by atoms with Crippen LogP contribution in [0.4, 0.5) is 0 Å². The van der Waals surface area contributed by atoms with Gasteiger partial charge in [0.2, 0.25) is 5.91 Å². The Labute approximate surface area is 146 Å². The van der Waals surface area contributed by atoms with Crippen molar-refractivity contribution >= 4 is 5.91 Å². The Balaban J connectivity index is 1.48. The summed E-state index contributed by atoms with van der Waals surface area (Å²) < 4.78 is 11.1. The Morgan fingerprint density at radius 1 is 1.12 bits per heavy atom. The van der Waals surface area contributed by atoms with E-state index < -0.39 is 0 Å². The Morgan fingerprint density at radius 2 is 1.88 bits per heavy atom. The van der Waals surface area contributed by atoms with Gasteiger partial charge in [-0.3, -0.25) is 9.69 Å². The summed E-state index contributed by atoms with van der Waals surface area (Å²) in [5, 5.41) is 3.25. The molecule has 3 aliphatic rings. The molecule has 2 saturated heterocycles. The number of nitrogens with one attached hydrogen (secondary N) is 1. The van der Waals surface area contributed by atoms with E-state index in [1.165, 1.54) is 25.7 Å². The molecule has 0 aromatic rings. The van der Waals surface area contributed by atoms with E-state index in [2.05, 4.69) is 17.1 Å². The molecule has 0 spiro atoms. The Bertz CT molecular complexity index is 386. The lowest BCUT2D eigenvalue weighted by atomic mass is 9.93. The van der Waals surface area contributed by atoms with E-state index in [-0.39, 0.29) is 11.8 Å². The van der Waals surface area contributed by atoms with Crippen LogP contribution >= 0.6 is 0 Å². The zero-order valence-corrected chi connectivity index (χ0v) is 15.2. The highest BCUT2D eigenvalue weighted by Gasteiger charge is 2.32. The van der Waals surface area contributed by atoms with Crippen LogP contribution in [-0.4, -0.2) is 62.9 Å². The fourth-order valence-electron chi connectivity index (χ4n) is 4.59. The molecular formula is C19H34N2O3. The predicted molar refractivity (Wildman–Crippen MR) is 93.9 cm³/mol. The molecule has 0 aromatic heterocycles. The molecule has 3 unspecified atom stereocenters. The Kier molecular flexibility index (Phi) is 6.93. The maximum atomic E-state index is 12.5. The summed E-state index contributed by atoms with van der Waals surface area (Å²) in [6.45, 7) is 8.07. The molecule has 5 nitrogen and oxygen atoms in total. The molecule has 2 heterocycles. The van der Waals surface area contributed by atoms with Crippen molar-refractivity contribution in [2.45, 2.75) is 51.5 Å². The van der Waals surface area contributed by atoms with E-state index in [1.807, 2.05) is 0 Å². The molecule has 5 heteroatoms. The number of ether oxygens (including phenoxy) is 2. The minimum absolute atomic E-state index is 0.137. The van der Waals surface area contributed by atoms with Crippen LogP contribution in [0.2, 0.25) is 0 Å². The maximum Gasteiger partial charge on any atom is 0.222 e. The van der Waals surface area contributed by atoms with Crippen LogP contribution in [0.15, 0.2) is 0 Å². The summed E-state index contributed by atoms with van der Waals surface area (Å²) in [4.78, 5) is 15.0. The highest BCUT2D eigenvalue weighted by molar-refractivity contribution is 5.78. The van der Waals surface area contributed by atoms with Crippen molar-refractivity contribution in [3.05, 3.63) is 0 Å². The standard InChI is InChI=1S/C19H34N2O3/c1-15(12-16-4-2-3-5-16)19(22)20-13-18(17-6-9-24-14-17)21-7-10-23-11-8-21/h15-18H,2-14H2,1H3,(H,20,22). The summed E-state index contributed by atoms with van der Waals surface area (Å²) in [5.41, 5.74) is 0. The topological polar surface area (TPSA) is 50.8 Å². The Hall–Kier alpha value is -0.650. The summed E-state index contributed by atoms with van der Waals surface area (Å²) in [7, 11) is 0.